The van der Waals surface area contributed by atoms with Crippen LogP contribution in [0.1, 0.15) is 12.0 Å². The van der Waals surface area contributed by atoms with Crippen LogP contribution >= 0.6 is 23.2 Å². The number of benzene rings is 2. The van der Waals surface area contributed by atoms with Crippen molar-refractivity contribution in [1.82, 2.24) is 4.90 Å². The lowest BCUT2D eigenvalue weighted by molar-refractivity contribution is -0.385. The Bertz CT molecular complexity index is 1080. The van der Waals surface area contributed by atoms with Gasteiger partial charge in [-0.1, -0.05) is 41.4 Å². The minimum atomic E-state index is -3.25. The number of para-hydroxylation sites is 2. The van der Waals surface area contributed by atoms with Crippen LogP contribution in [0.2, 0.25) is 10.0 Å². The number of carbonyl (C=O) groups is 1. The number of hydrogen-bond donors (Lipinski definition) is 0. The van der Waals surface area contributed by atoms with Crippen molar-refractivity contribution in [3.63, 3.8) is 0 Å². The Labute approximate surface area is 183 Å². The van der Waals surface area contributed by atoms with Crippen molar-refractivity contribution in [2.75, 3.05) is 18.1 Å². The summed E-state index contributed by atoms with van der Waals surface area (Å²) in [5.74, 6) is -0.711. The van der Waals surface area contributed by atoms with Crippen molar-refractivity contribution >= 4 is 44.6 Å². The number of nitro benzene ring substituents is 1. The molecule has 1 saturated heterocycles. The molecule has 1 atom stereocenters. The summed E-state index contributed by atoms with van der Waals surface area (Å²) < 4.78 is 29.3. The van der Waals surface area contributed by atoms with Crippen molar-refractivity contribution in [2.45, 2.75) is 19.0 Å². The van der Waals surface area contributed by atoms with Gasteiger partial charge in [0.2, 0.25) is 0 Å². The Morgan fingerprint density at radius 3 is 2.60 bits per heavy atom. The monoisotopic (exact) mass is 472 g/mol. The molecule has 0 radical (unpaired) electrons. The number of halogens is 2. The second kappa shape index (κ2) is 9.20. The summed E-state index contributed by atoms with van der Waals surface area (Å²) in [6.45, 7) is -0.415. The van der Waals surface area contributed by atoms with Gasteiger partial charge in [-0.15, -0.1) is 0 Å². The van der Waals surface area contributed by atoms with E-state index < -0.39 is 33.3 Å². The van der Waals surface area contributed by atoms with E-state index in [4.69, 9.17) is 27.9 Å². The lowest BCUT2D eigenvalue weighted by Gasteiger charge is -2.28. The molecule has 1 heterocycles. The van der Waals surface area contributed by atoms with Gasteiger partial charge in [-0.2, -0.15) is 0 Å². The fourth-order valence-corrected chi connectivity index (χ4v) is 5.43. The standard InChI is InChI=1S/C19H18Cl2N2O6S/c20-14-6-5-13(16(21)9-14)10-22(15-7-8-30(27,28)12-15)19(24)11-29-18-4-2-1-3-17(18)23(25)26/h1-6,9,15H,7-8,10-12H2. The van der Waals surface area contributed by atoms with E-state index in [-0.39, 0.29) is 29.5 Å². The zero-order valence-electron chi connectivity index (χ0n) is 15.7. The van der Waals surface area contributed by atoms with Gasteiger partial charge < -0.3 is 9.64 Å². The van der Waals surface area contributed by atoms with E-state index in [0.29, 0.717) is 22.0 Å². The fraction of sp³-hybridized carbons (Fsp3) is 0.316. The van der Waals surface area contributed by atoms with Crippen LogP contribution in [0.5, 0.6) is 5.75 Å². The molecule has 0 N–H and O–H groups in total. The number of amides is 1. The molecule has 0 bridgehead atoms. The second-order valence-corrected chi connectivity index (χ2v) is 9.90. The SMILES string of the molecule is O=C(COc1ccccc1[N+](=O)[O-])N(Cc1ccc(Cl)cc1Cl)C1CCS(=O)(=O)C1. The van der Waals surface area contributed by atoms with Crippen molar-refractivity contribution in [1.29, 1.82) is 0 Å². The molecule has 0 spiro atoms. The summed E-state index contributed by atoms with van der Waals surface area (Å²) in [5, 5.41) is 11.9. The molecular weight excluding hydrogens is 455 g/mol. The van der Waals surface area contributed by atoms with Crippen LogP contribution in [-0.4, -0.2) is 48.3 Å². The van der Waals surface area contributed by atoms with Crippen LogP contribution in [0.15, 0.2) is 42.5 Å². The van der Waals surface area contributed by atoms with Gasteiger partial charge in [0.15, 0.2) is 22.2 Å². The molecule has 160 valence electrons. The van der Waals surface area contributed by atoms with Crippen molar-refractivity contribution in [3.05, 3.63) is 68.2 Å². The largest absolute Gasteiger partial charge is 0.477 e. The summed E-state index contributed by atoms with van der Waals surface area (Å²) in [6, 6.07) is 10.0. The number of nitrogens with zero attached hydrogens (tertiary/aromatic N) is 2. The Hall–Kier alpha value is -2.36. The Balaban J connectivity index is 1.81. The van der Waals surface area contributed by atoms with Crippen molar-refractivity contribution in [2.24, 2.45) is 0 Å². The highest BCUT2D eigenvalue weighted by Gasteiger charge is 2.35. The third-order valence-corrected chi connectivity index (χ3v) is 7.08. The Morgan fingerprint density at radius 1 is 1.23 bits per heavy atom. The van der Waals surface area contributed by atoms with E-state index in [9.17, 15) is 23.3 Å². The molecule has 11 heteroatoms. The molecule has 1 aliphatic rings. The molecule has 1 amide bonds. The summed E-state index contributed by atoms with van der Waals surface area (Å²) in [5.41, 5.74) is 0.338. The first-order valence-corrected chi connectivity index (χ1v) is 11.5. The molecule has 1 aliphatic heterocycles. The topological polar surface area (TPSA) is 107 Å². The average Bonchev–Trinajstić information content (AvgIpc) is 3.05. The molecule has 0 saturated carbocycles. The van der Waals surface area contributed by atoms with E-state index in [2.05, 4.69) is 0 Å². The smallest absolute Gasteiger partial charge is 0.310 e. The summed E-state index contributed by atoms with van der Waals surface area (Å²) in [6.07, 6.45) is 0.296. The lowest BCUT2D eigenvalue weighted by Crippen LogP contribution is -2.43. The molecule has 0 aliphatic carbocycles. The van der Waals surface area contributed by atoms with Crippen LogP contribution in [0, 0.1) is 10.1 Å². The van der Waals surface area contributed by atoms with Crippen LogP contribution < -0.4 is 4.74 Å². The summed E-state index contributed by atoms with van der Waals surface area (Å²) in [7, 11) is -3.25. The molecule has 0 aromatic heterocycles. The first kappa shape index (κ1) is 22.3. The number of ether oxygens (including phenoxy) is 1. The van der Waals surface area contributed by atoms with Crippen LogP contribution in [0.4, 0.5) is 5.69 Å². The predicted molar refractivity (Wildman–Crippen MR) is 113 cm³/mol. The minimum Gasteiger partial charge on any atom is -0.477 e. The first-order valence-electron chi connectivity index (χ1n) is 8.96. The molecular formula is C19H18Cl2N2O6S. The van der Waals surface area contributed by atoms with E-state index >= 15 is 0 Å². The van der Waals surface area contributed by atoms with Crippen molar-refractivity contribution < 1.29 is 22.9 Å². The maximum atomic E-state index is 12.9. The lowest BCUT2D eigenvalue weighted by atomic mass is 10.1. The van der Waals surface area contributed by atoms with Gasteiger partial charge in [0.05, 0.1) is 16.4 Å². The molecule has 30 heavy (non-hydrogen) atoms. The van der Waals surface area contributed by atoms with E-state index in [1.165, 1.54) is 29.2 Å². The highest BCUT2D eigenvalue weighted by Crippen LogP contribution is 2.28. The Kier molecular flexibility index (Phi) is 6.84. The number of carbonyl (C=O) groups excluding carboxylic acids is 1. The van der Waals surface area contributed by atoms with Gasteiger partial charge in [0.25, 0.3) is 5.91 Å². The normalized spacial score (nSPS) is 17.5. The third kappa shape index (κ3) is 5.41. The van der Waals surface area contributed by atoms with Crippen LogP contribution in [0.25, 0.3) is 0 Å². The van der Waals surface area contributed by atoms with Crippen LogP contribution in [0.3, 0.4) is 0 Å². The Morgan fingerprint density at radius 2 is 1.97 bits per heavy atom. The maximum Gasteiger partial charge on any atom is 0.310 e. The summed E-state index contributed by atoms with van der Waals surface area (Å²) >= 11 is 12.1. The van der Waals surface area contributed by atoms with Gasteiger partial charge in [-0.3, -0.25) is 14.9 Å². The second-order valence-electron chi connectivity index (χ2n) is 6.83. The van der Waals surface area contributed by atoms with Gasteiger partial charge in [0.1, 0.15) is 0 Å². The molecule has 2 aromatic carbocycles. The molecule has 1 fully saturated rings. The maximum absolute atomic E-state index is 12.9. The number of hydrogen-bond acceptors (Lipinski definition) is 6. The summed E-state index contributed by atoms with van der Waals surface area (Å²) in [4.78, 5) is 24.9. The van der Waals surface area contributed by atoms with Gasteiger partial charge >= 0.3 is 5.69 Å². The zero-order chi connectivity index (χ0) is 21.9. The molecule has 3 rings (SSSR count). The van der Waals surface area contributed by atoms with Gasteiger partial charge in [-0.25, -0.2) is 8.42 Å². The molecule has 2 aromatic rings. The average molecular weight is 473 g/mol. The van der Waals surface area contributed by atoms with Crippen LogP contribution in [-0.2, 0) is 21.2 Å². The van der Waals surface area contributed by atoms with Gasteiger partial charge in [0, 0.05) is 28.7 Å². The van der Waals surface area contributed by atoms with Crippen molar-refractivity contribution in [3.8, 4) is 5.75 Å². The van der Waals surface area contributed by atoms with Gasteiger partial charge in [-0.05, 0) is 30.2 Å². The highest BCUT2D eigenvalue weighted by atomic mass is 35.5. The molecule has 8 nitrogen and oxygen atoms in total. The number of nitro groups is 1. The quantitative estimate of drug-likeness (QED) is 0.450. The minimum absolute atomic E-state index is 0.0131. The fourth-order valence-electron chi connectivity index (χ4n) is 3.23. The highest BCUT2D eigenvalue weighted by molar-refractivity contribution is 7.91. The van der Waals surface area contributed by atoms with E-state index in [0.717, 1.165) is 0 Å². The molecule has 1 unspecified atom stereocenters. The third-order valence-electron chi connectivity index (χ3n) is 4.74. The predicted octanol–water partition coefficient (Wildman–Crippen LogP) is 3.50. The number of rotatable bonds is 7. The van der Waals surface area contributed by atoms with E-state index in [1.807, 2.05) is 0 Å². The number of sulfone groups is 1. The van der Waals surface area contributed by atoms with E-state index in [1.54, 1.807) is 18.2 Å². The zero-order valence-corrected chi connectivity index (χ0v) is 18.0. The first-order chi connectivity index (χ1) is 14.2.